The molecular formula is C14H16O3. The van der Waals surface area contributed by atoms with Gasteiger partial charge in [-0.25, -0.2) is 0 Å². The van der Waals surface area contributed by atoms with E-state index in [-0.39, 0.29) is 5.76 Å². The maximum atomic E-state index is 9.66. The Kier molecular flexibility index (Phi) is 3.20. The SMILES string of the molecule is COC1=C(O)C=CC(OC)(c2ccccc2)C1. The fourth-order valence-corrected chi connectivity index (χ4v) is 2.05. The van der Waals surface area contributed by atoms with Crippen LogP contribution in [0.4, 0.5) is 0 Å². The number of aliphatic hydroxyl groups is 1. The van der Waals surface area contributed by atoms with Crippen LogP contribution in [0, 0.1) is 0 Å². The molecule has 2 rings (SSSR count). The summed E-state index contributed by atoms with van der Waals surface area (Å²) in [6, 6.07) is 9.90. The smallest absolute Gasteiger partial charge is 0.153 e. The molecule has 1 atom stereocenters. The van der Waals surface area contributed by atoms with E-state index in [1.165, 1.54) is 0 Å². The summed E-state index contributed by atoms with van der Waals surface area (Å²) in [6.07, 6.45) is 3.98. The molecule has 0 fully saturated rings. The number of allylic oxidation sites excluding steroid dienone is 1. The summed E-state index contributed by atoms with van der Waals surface area (Å²) in [7, 11) is 3.21. The Bertz CT molecular complexity index is 448. The normalized spacial score (nSPS) is 23.9. The fraction of sp³-hybridized carbons (Fsp3) is 0.286. The second-order valence-corrected chi connectivity index (χ2v) is 3.98. The van der Waals surface area contributed by atoms with Gasteiger partial charge in [-0.3, -0.25) is 0 Å². The first-order valence-corrected chi connectivity index (χ1v) is 5.48. The molecule has 0 aromatic heterocycles. The largest absolute Gasteiger partial charge is 0.504 e. The van der Waals surface area contributed by atoms with Crippen molar-refractivity contribution in [3.05, 3.63) is 59.6 Å². The topological polar surface area (TPSA) is 38.7 Å². The van der Waals surface area contributed by atoms with E-state index in [0.29, 0.717) is 12.2 Å². The lowest BCUT2D eigenvalue weighted by Gasteiger charge is -2.32. The van der Waals surface area contributed by atoms with Crippen molar-refractivity contribution in [2.75, 3.05) is 14.2 Å². The van der Waals surface area contributed by atoms with Gasteiger partial charge in [-0.15, -0.1) is 0 Å². The van der Waals surface area contributed by atoms with Gasteiger partial charge < -0.3 is 14.6 Å². The highest BCUT2D eigenvalue weighted by Crippen LogP contribution is 2.37. The van der Waals surface area contributed by atoms with E-state index in [9.17, 15) is 5.11 Å². The summed E-state index contributed by atoms with van der Waals surface area (Å²) in [6.45, 7) is 0. The van der Waals surface area contributed by atoms with Crippen molar-refractivity contribution in [1.82, 2.24) is 0 Å². The zero-order valence-corrected chi connectivity index (χ0v) is 10.0. The van der Waals surface area contributed by atoms with Crippen LogP contribution in [0.1, 0.15) is 12.0 Å². The summed E-state index contributed by atoms with van der Waals surface area (Å²) in [4.78, 5) is 0. The van der Waals surface area contributed by atoms with Gasteiger partial charge in [0.05, 0.1) is 7.11 Å². The van der Waals surface area contributed by atoms with Crippen molar-refractivity contribution >= 4 is 0 Å². The Labute approximate surface area is 101 Å². The average molecular weight is 232 g/mol. The van der Waals surface area contributed by atoms with Crippen molar-refractivity contribution < 1.29 is 14.6 Å². The number of hydrogen-bond donors (Lipinski definition) is 1. The Balaban J connectivity index is 2.40. The van der Waals surface area contributed by atoms with E-state index in [1.54, 1.807) is 20.3 Å². The molecule has 0 radical (unpaired) electrons. The number of benzene rings is 1. The molecule has 0 amide bonds. The molecule has 0 saturated carbocycles. The molecule has 1 unspecified atom stereocenters. The highest BCUT2D eigenvalue weighted by Gasteiger charge is 2.34. The van der Waals surface area contributed by atoms with Crippen LogP contribution in [0.5, 0.6) is 0 Å². The molecule has 3 nitrogen and oxygen atoms in total. The summed E-state index contributed by atoms with van der Waals surface area (Å²) in [5.41, 5.74) is 0.486. The number of hydrogen-bond acceptors (Lipinski definition) is 3. The van der Waals surface area contributed by atoms with Crippen molar-refractivity contribution in [3.8, 4) is 0 Å². The first kappa shape index (κ1) is 11.7. The number of rotatable bonds is 3. The van der Waals surface area contributed by atoms with Crippen LogP contribution in [0.15, 0.2) is 54.0 Å². The van der Waals surface area contributed by atoms with Crippen LogP contribution in [-0.2, 0) is 15.1 Å². The molecule has 1 N–H and O–H groups in total. The molecule has 0 saturated heterocycles. The molecule has 0 aliphatic heterocycles. The first-order chi connectivity index (χ1) is 8.22. The average Bonchev–Trinajstić information content (AvgIpc) is 2.41. The maximum Gasteiger partial charge on any atom is 0.153 e. The fourth-order valence-electron chi connectivity index (χ4n) is 2.05. The predicted molar refractivity (Wildman–Crippen MR) is 65.5 cm³/mol. The zero-order chi connectivity index (χ0) is 12.3. The number of aliphatic hydroxyl groups excluding tert-OH is 1. The van der Waals surface area contributed by atoms with Gasteiger partial charge in [0, 0.05) is 13.5 Å². The van der Waals surface area contributed by atoms with Crippen LogP contribution < -0.4 is 0 Å². The molecule has 1 aromatic carbocycles. The Hall–Kier alpha value is -1.74. The summed E-state index contributed by atoms with van der Waals surface area (Å²) in [5.74, 6) is 0.703. The van der Waals surface area contributed by atoms with Crippen LogP contribution in [0.2, 0.25) is 0 Å². The minimum Gasteiger partial charge on any atom is -0.504 e. The first-order valence-electron chi connectivity index (χ1n) is 5.48. The molecule has 0 spiro atoms. The van der Waals surface area contributed by atoms with E-state index in [2.05, 4.69) is 0 Å². The second-order valence-electron chi connectivity index (χ2n) is 3.98. The van der Waals surface area contributed by atoms with Crippen LogP contribution in [-0.4, -0.2) is 19.3 Å². The molecule has 1 aliphatic rings. The van der Waals surface area contributed by atoms with Gasteiger partial charge in [-0.2, -0.15) is 0 Å². The van der Waals surface area contributed by atoms with E-state index in [0.717, 1.165) is 5.56 Å². The molecule has 17 heavy (non-hydrogen) atoms. The van der Waals surface area contributed by atoms with Gasteiger partial charge in [0.1, 0.15) is 11.4 Å². The lowest BCUT2D eigenvalue weighted by molar-refractivity contribution is 0.0130. The van der Waals surface area contributed by atoms with Gasteiger partial charge in [-0.1, -0.05) is 30.3 Å². The summed E-state index contributed by atoms with van der Waals surface area (Å²) < 4.78 is 10.8. The lowest BCUT2D eigenvalue weighted by atomic mass is 9.86. The van der Waals surface area contributed by atoms with Gasteiger partial charge in [-0.05, 0) is 17.7 Å². The third-order valence-electron chi connectivity index (χ3n) is 3.09. The van der Waals surface area contributed by atoms with Gasteiger partial charge in [0.15, 0.2) is 5.76 Å². The highest BCUT2D eigenvalue weighted by atomic mass is 16.5. The highest BCUT2D eigenvalue weighted by molar-refractivity contribution is 5.36. The number of ether oxygens (including phenoxy) is 2. The van der Waals surface area contributed by atoms with Crippen LogP contribution >= 0.6 is 0 Å². The Morgan fingerprint density at radius 1 is 1.18 bits per heavy atom. The monoisotopic (exact) mass is 232 g/mol. The van der Waals surface area contributed by atoms with E-state index < -0.39 is 5.60 Å². The van der Waals surface area contributed by atoms with Gasteiger partial charge >= 0.3 is 0 Å². The molecular weight excluding hydrogens is 216 g/mol. The minimum atomic E-state index is -0.557. The second kappa shape index (κ2) is 4.63. The lowest BCUT2D eigenvalue weighted by Crippen LogP contribution is -2.29. The Morgan fingerprint density at radius 3 is 2.47 bits per heavy atom. The van der Waals surface area contributed by atoms with E-state index >= 15 is 0 Å². The molecule has 0 heterocycles. The van der Waals surface area contributed by atoms with Crippen molar-refractivity contribution in [2.45, 2.75) is 12.0 Å². The molecule has 3 heteroatoms. The quantitative estimate of drug-likeness (QED) is 0.870. The third-order valence-corrected chi connectivity index (χ3v) is 3.09. The predicted octanol–water partition coefficient (Wildman–Crippen LogP) is 2.90. The zero-order valence-electron chi connectivity index (χ0n) is 10.0. The number of methoxy groups -OCH3 is 2. The van der Waals surface area contributed by atoms with Crippen molar-refractivity contribution in [3.63, 3.8) is 0 Å². The minimum absolute atomic E-state index is 0.163. The van der Waals surface area contributed by atoms with Gasteiger partial charge in [0.25, 0.3) is 0 Å². The Morgan fingerprint density at radius 2 is 1.88 bits per heavy atom. The van der Waals surface area contributed by atoms with E-state index in [4.69, 9.17) is 9.47 Å². The molecule has 90 valence electrons. The van der Waals surface area contributed by atoms with Crippen molar-refractivity contribution in [1.29, 1.82) is 0 Å². The maximum absolute atomic E-state index is 9.66. The van der Waals surface area contributed by atoms with E-state index in [1.807, 2.05) is 36.4 Å². The summed E-state index contributed by atoms with van der Waals surface area (Å²) in [5, 5.41) is 9.66. The van der Waals surface area contributed by atoms with Gasteiger partial charge in [0.2, 0.25) is 0 Å². The molecule has 1 aliphatic carbocycles. The summed E-state index contributed by atoms with van der Waals surface area (Å²) >= 11 is 0. The third kappa shape index (κ3) is 2.06. The van der Waals surface area contributed by atoms with Crippen molar-refractivity contribution in [2.24, 2.45) is 0 Å². The standard InChI is InChI=1S/C14H16O3/c1-16-13-10-14(17-2,9-8-12(13)15)11-6-4-3-5-7-11/h3-9,15H,10H2,1-2H3. The molecule has 1 aromatic rings. The van der Waals surface area contributed by atoms with Crippen LogP contribution in [0.25, 0.3) is 0 Å². The molecule has 0 bridgehead atoms. The van der Waals surface area contributed by atoms with Crippen LogP contribution in [0.3, 0.4) is 0 Å².